The van der Waals surface area contributed by atoms with Crippen LogP contribution in [0, 0.1) is 5.82 Å². The van der Waals surface area contributed by atoms with Gasteiger partial charge in [-0.1, -0.05) is 12.1 Å². The largest absolute Gasteiger partial charge is 0.416 e. The van der Waals surface area contributed by atoms with Crippen molar-refractivity contribution in [2.45, 2.75) is 31.6 Å². The molecule has 0 radical (unpaired) electrons. The Hall–Kier alpha value is -2.68. The molecule has 1 aromatic carbocycles. The SMILES string of the molecule is Fc1c(NCc2ccsc2)ncnc1N1CCCC1c1ccc(C(F)(F)F)cc1. The van der Waals surface area contributed by atoms with Crippen LogP contribution in [0.5, 0.6) is 0 Å². The van der Waals surface area contributed by atoms with Crippen LogP contribution in [0.1, 0.15) is 35.6 Å². The number of hydrogen-bond donors (Lipinski definition) is 1. The molecule has 3 heterocycles. The fourth-order valence-corrected chi connectivity index (χ4v) is 4.19. The Balaban J connectivity index is 1.56. The van der Waals surface area contributed by atoms with Crippen molar-refractivity contribution in [2.24, 2.45) is 0 Å². The Bertz CT molecular complexity index is 958. The van der Waals surface area contributed by atoms with E-state index in [1.165, 1.54) is 18.5 Å². The Labute approximate surface area is 169 Å². The summed E-state index contributed by atoms with van der Waals surface area (Å²) in [5.74, 6) is -0.281. The molecule has 4 nitrogen and oxygen atoms in total. The molecule has 2 aromatic heterocycles. The summed E-state index contributed by atoms with van der Waals surface area (Å²) in [5.41, 5.74) is 1.04. The van der Waals surface area contributed by atoms with Gasteiger partial charge in [-0.2, -0.15) is 28.9 Å². The first-order valence-electron chi connectivity index (χ1n) is 9.13. The molecule has 4 rings (SSSR count). The van der Waals surface area contributed by atoms with Gasteiger partial charge in [0.15, 0.2) is 11.6 Å². The van der Waals surface area contributed by atoms with Gasteiger partial charge in [0.05, 0.1) is 11.6 Å². The number of rotatable bonds is 5. The van der Waals surface area contributed by atoms with Gasteiger partial charge in [0.1, 0.15) is 6.33 Å². The van der Waals surface area contributed by atoms with Crippen LogP contribution >= 0.6 is 11.3 Å². The number of aromatic nitrogens is 2. The second-order valence-electron chi connectivity index (χ2n) is 6.82. The zero-order chi connectivity index (χ0) is 20.4. The van der Waals surface area contributed by atoms with Crippen molar-refractivity contribution in [3.63, 3.8) is 0 Å². The third-order valence-corrected chi connectivity index (χ3v) is 5.69. The molecule has 0 amide bonds. The van der Waals surface area contributed by atoms with Crippen molar-refractivity contribution < 1.29 is 17.6 Å². The van der Waals surface area contributed by atoms with Gasteiger partial charge >= 0.3 is 6.18 Å². The second-order valence-corrected chi connectivity index (χ2v) is 7.60. The Morgan fingerprint density at radius 2 is 1.93 bits per heavy atom. The van der Waals surface area contributed by atoms with Crippen LogP contribution < -0.4 is 10.2 Å². The van der Waals surface area contributed by atoms with Gasteiger partial charge in [-0.05, 0) is 52.9 Å². The summed E-state index contributed by atoms with van der Waals surface area (Å²) < 4.78 is 53.6. The standard InChI is InChI=1S/C20H18F4N4S/c21-17-18(25-10-13-7-9-29-11-13)26-12-27-19(17)28-8-1-2-16(28)14-3-5-15(6-4-14)20(22,23)24/h3-7,9,11-12,16H,1-2,8,10H2,(H,25,26,27). The highest BCUT2D eigenvalue weighted by atomic mass is 32.1. The Kier molecular flexibility index (Phi) is 5.40. The number of anilines is 2. The van der Waals surface area contributed by atoms with Crippen molar-refractivity contribution in [1.29, 1.82) is 0 Å². The summed E-state index contributed by atoms with van der Waals surface area (Å²) >= 11 is 1.56. The monoisotopic (exact) mass is 422 g/mol. The van der Waals surface area contributed by atoms with E-state index in [4.69, 9.17) is 0 Å². The molecule has 0 saturated carbocycles. The van der Waals surface area contributed by atoms with Crippen molar-refractivity contribution in [1.82, 2.24) is 9.97 Å². The maximum atomic E-state index is 15.1. The molecule has 1 atom stereocenters. The Morgan fingerprint density at radius 3 is 2.62 bits per heavy atom. The second kappa shape index (κ2) is 7.98. The number of benzene rings is 1. The normalized spacial score (nSPS) is 17.0. The first-order chi connectivity index (χ1) is 13.9. The van der Waals surface area contributed by atoms with Crippen LogP contribution in [0.25, 0.3) is 0 Å². The van der Waals surface area contributed by atoms with Crippen molar-refractivity contribution in [2.75, 3.05) is 16.8 Å². The third kappa shape index (κ3) is 4.19. The highest BCUT2D eigenvalue weighted by Gasteiger charge is 2.33. The van der Waals surface area contributed by atoms with Crippen LogP contribution in [0.3, 0.4) is 0 Å². The van der Waals surface area contributed by atoms with E-state index in [9.17, 15) is 13.2 Å². The molecule has 9 heteroatoms. The lowest BCUT2D eigenvalue weighted by atomic mass is 10.0. The van der Waals surface area contributed by atoms with Gasteiger partial charge in [-0.15, -0.1) is 0 Å². The predicted octanol–water partition coefficient (Wildman–Crippen LogP) is 5.65. The van der Waals surface area contributed by atoms with Crippen LogP contribution in [-0.2, 0) is 12.7 Å². The minimum atomic E-state index is -4.38. The predicted molar refractivity (Wildman–Crippen MR) is 104 cm³/mol. The van der Waals surface area contributed by atoms with E-state index in [1.807, 2.05) is 16.8 Å². The van der Waals surface area contributed by atoms with Gasteiger partial charge in [-0.3, -0.25) is 0 Å². The third-order valence-electron chi connectivity index (χ3n) is 4.96. The fraction of sp³-hybridized carbons (Fsp3) is 0.300. The maximum Gasteiger partial charge on any atom is 0.416 e. The Morgan fingerprint density at radius 1 is 1.14 bits per heavy atom. The molecule has 152 valence electrons. The molecule has 1 fully saturated rings. The minimum absolute atomic E-state index is 0.110. The smallest absolute Gasteiger partial charge is 0.363 e. The summed E-state index contributed by atoms with van der Waals surface area (Å²) in [4.78, 5) is 9.92. The van der Waals surface area contributed by atoms with Gasteiger partial charge in [-0.25, -0.2) is 9.97 Å². The fourth-order valence-electron chi connectivity index (χ4n) is 3.52. The lowest BCUT2D eigenvalue weighted by molar-refractivity contribution is -0.137. The van der Waals surface area contributed by atoms with E-state index in [2.05, 4.69) is 15.3 Å². The van der Waals surface area contributed by atoms with E-state index in [0.29, 0.717) is 25.1 Å². The molecular formula is C20H18F4N4S. The molecule has 1 aliphatic rings. The lowest BCUT2D eigenvalue weighted by Crippen LogP contribution is -2.25. The molecule has 0 aliphatic carbocycles. The van der Waals surface area contributed by atoms with Gasteiger partial charge in [0.2, 0.25) is 5.82 Å². The molecule has 0 spiro atoms. The highest BCUT2D eigenvalue weighted by molar-refractivity contribution is 7.07. The zero-order valence-electron chi connectivity index (χ0n) is 15.3. The van der Waals surface area contributed by atoms with E-state index in [1.54, 1.807) is 16.2 Å². The average molecular weight is 422 g/mol. The van der Waals surface area contributed by atoms with Crippen molar-refractivity contribution >= 4 is 23.0 Å². The van der Waals surface area contributed by atoms with E-state index in [-0.39, 0.29) is 17.7 Å². The van der Waals surface area contributed by atoms with Gasteiger partial charge in [0, 0.05) is 13.1 Å². The summed E-state index contributed by atoms with van der Waals surface area (Å²) in [6.45, 7) is 1.02. The molecule has 1 N–H and O–H groups in total. The van der Waals surface area contributed by atoms with Crippen LogP contribution in [0.2, 0.25) is 0 Å². The van der Waals surface area contributed by atoms with E-state index < -0.39 is 17.6 Å². The molecule has 1 saturated heterocycles. The van der Waals surface area contributed by atoms with Gasteiger partial charge in [0.25, 0.3) is 0 Å². The van der Waals surface area contributed by atoms with Crippen LogP contribution in [-0.4, -0.2) is 16.5 Å². The molecule has 3 aromatic rings. The van der Waals surface area contributed by atoms with Crippen LogP contribution in [0.15, 0.2) is 47.4 Å². The summed E-state index contributed by atoms with van der Waals surface area (Å²) in [5, 5.41) is 6.90. The summed E-state index contributed by atoms with van der Waals surface area (Å²) in [6.07, 6.45) is -1.56. The number of halogens is 4. The molecule has 1 unspecified atom stereocenters. The van der Waals surface area contributed by atoms with Gasteiger partial charge < -0.3 is 10.2 Å². The highest BCUT2D eigenvalue weighted by Crippen LogP contribution is 2.38. The number of nitrogens with zero attached hydrogens (tertiary/aromatic N) is 3. The summed E-state index contributed by atoms with van der Waals surface area (Å²) in [6, 6.07) is 6.76. The molecule has 29 heavy (non-hydrogen) atoms. The van der Waals surface area contributed by atoms with Crippen molar-refractivity contribution in [3.8, 4) is 0 Å². The zero-order valence-corrected chi connectivity index (χ0v) is 16.1. The summed E-state index contributed by atoms with van der Waals surface area (Å²) in [7, 11) is 0. The molecule has 0 bridgehead atoms. The quantitative estimate of drug-likeness (QED) is 0.540. The number of alkyl halides is 3. The first kappa shape index (κ1) is 19.6. The number of nitrogens with one attached hydrogen (secondary N) is 1. The average Bonchev–Trinajstić information content (AvgIpc) is 3.39. The van der Waals surface area contributed by atoms with E-state index >= 15 is 4.39 Å². The molecule has 1 aliphatic heterocycles. The number of thiophene rings is 1. The van der Waals surface area contributed by atoms with Crippen LogP contribution in [0.4, 0.5) is 29.2 Å². The topological polar surface area (TPSA) is 41.1 Å². The van der Waals surface area contributed by atoms with Crippen molar-refractivity contribution in [3.05, 3.63) is 69.9 Å². The number of hydrogen-bond acceptors (Lipinski definition) is 5. The van der Waals surface area contributed by atoms with E-state index in [0.717, 1.165) is 24.1 Å². The minimum Gasteiger partial charge on any atom is -0.363 e. The first-order valence-corrected chi connectivity index (χ1v) is 10.1. The lowest BCUT2D eigenvalue weighted by Gasteiger charge is -2.27. The maximum absolute atomic E-state index is 15.1. The molecular weight excluding hydrogens is 404 g/mol.